The Morgan fingerprint density at radius 1 is 1.43 bits per heavy atom. The molecule has 2 rings (SSSR count). The van der Waals surface area contributed by atoms with Crippen molar-refractivity contribution in [1.29, 1.82) is 0 Å². The summed E-state index contributed by atoms with van der Waals surface area (Å²) in [4.78, 5) is 18.4. The van der Waals surface area contributed by atoms with Gasteiger partial charge in [-0.1, -0.05) is 25.9 Å². The third-order valence-electron chi connectivity index (χ3n) is 4.19. The number of piperidine rings is 1. The van der Waals surface area contributed by atoms with Crippen LogP contribution in [-0.4, -0.2) is 53.8 Å². The highest BCUT2D eigenvalue weighted by molar-refractivity contribution is 5.77. The van der Waals surface area contributed by atoms with Crippen molar-refractivity contribution in [3.63, 3.8) is 0 Å². The number of rotatable bonds is 5. The summed E-state index contributed by atoms with van der Waals surface area (Å²) < 4.78 is 10.3. The molecule has 1 atom stereocenters. The number of methoxy groups -OCH3 is 1. The van der Waals surface area contributed by atoms with E-state index in [1.165, 1.54) is 7.11 Å². The molecule has 0 bridgehead atoms. The summed E-state index contributed by atoms with van der Waals surface area (Å²) in [5.41, 5.74) is -0.111. The maximum Gasteiger partial charge on any atom is 0.246 e. The van der Waals surface area contributed by atoms with E-state index in [-0.39, 0.29) is 30.0 Å². The first kappa shape index (κ1) is 17.9. The van der Waals surface area contributed by atoms with Crippen molar-refractivity contribution >= 4 is 5.91 Å². The van der Waals surface area contributed by atoms with Crippen molar-refractivity contribution in [3.05, 3.63) is 11.7 Å². The number of hydrogen-bond donors (Lipinski definition) is 1. The standard InChI is InChI=1S/C16H28N4O3/c1-11(14-18-15(19-23-14)16(2,3)4)20-8-6-12(7-9-20)17-13(21)10-22-5/h11-12H,6-10H2,1-5H3,(H,17,21). The van der Waals surface area contributed by atoms with Gasteiger partial charge in [-0.05, 0) is 19.8 Å². The number of hydrogen-bond acceptors (Lipinski definition) is 6. The van der Waals surface area contributed by atoms with Crippen molar-refractivity contribution in [2.24, 2.45) is 0 Å². The number of carbonyl (C=O) groups excluding carboxylic acids is 1. The molecule has 7 heteroatoms. The second-order valence-electron chi connectivity index (χ2n) is 7.19. The zero-order valence-electron chi connectivity index (χ0n) is 14.8. The number of amides is 1. The van der Waals surface area contributed by atoms with Crippen molar-refractivity contribution in [3.8, 4) is 0 Å². The Morgan fingerprint density at radius 2 is 2.09 bits per heavy atom. The molecule has 1 saturated heterocycles. The zero-order valence-corrected chi connectivity index (χ0v) is 14.8. The summed E-state index contributed by atoms with van der Waals surface area (Å²) in [6, 6.07) is 0.308. The molecule has 1 fully saturated rings. The molecule has 0 aromatic carbocycles. The number of nitrogens with zero attached hydrogens (tertiary/aromatic N) is 3. The summed E-state index contributed by atoms with van der Waals surface area (Å²) in [6.45, 7) is 10.2. The van der Waals surface area contributed by atoms with Gasteiger partial charge in [0.1, 0.15) is 6.61 Å². The lowest BCUT2D eigenvalue weighted by molar-refractivity contribution is -0.125. The van der Waals surface area contributed by atoms with Crippen LogP contribution in [-0.2, 0) is 14.9 Å². The molecule has 7 nitrogen and oxygen atoms in total. The lowest BCUT2D eigenvalue weighted by atomic mass is 9.96. The number of carbonyl (C=O) groups is 1. The van der Waals surface area contributed by atoms with Gasteiger partial charge >= 0.3 is 0 Å². The molecule has 2 heterocycles. The lowest BCUT2D eigenvalue weighted by Gasteiger charge is -2.34. The van der Waals surface area contributed by atoms with Gasteiger partial charge in [0.05, 0.1) is 6.04 Å². The van der Waals surface area contributed by atoms with E-state index in [1.807, 2.05) is 0 Å². The van der Waals surface area contributed by atoms with Crippen molar-refractivity contribution in [2.75, 3.05) is 26.8 Å². The van der Waals surface area contributed by atoms with E-state index >= 15 is 0 Å². The fourth-order valence-corrected chi connectivity index (χ4v) is 2.70. The molecule has 1 aliphatic heterocycles. The fraction of sp³-hybridized carbons (Fsp3) is 0.812. The van der Waals surface area contributed by atoms with Gasteiger partial charge in [0.2, 0.25) is 11.8 Å². The average Bonchev–Trinajstić information content (AvgIpc) is 2.97. The van der Waals surface area contributed by atoms with Gasteiger partial charge in [-0.2, -0.15) is 4.98 Å². The number of nitrogens with one attached hydrogen (secondary N) is 1. The van der Waals surface area contributed by atoms with Crippen LogP contribution < -0.4 is 5.32 Å². The Bertz CT molecular complexity index is 516. The molecule has 0 spiro atoms. The normalized spacial score (nSPS) is 18.8. The van der Waals surface area contributed by atoms with E-state index in [2.05, 4.69) is 48.1 Å². The van der Waals surface area contributed by atoms with Gasteiger partial charge < -0.3 is 14.6 Å². The predicted octanol–water partition coefficient (Wildman–Crippen LogP) is 1.66. The Balaban J connectivity index is 1.87. The molecule has 0 radical (unpaired) electrons. The number of aromatic nitrogens is 2. The third-order valence-corrected chi connectivity index (χ3v) is 4.19. The second-order valence-corrected chi connectivity index (χ2v) is 7.19. The first-order valence-electron chi connectivity index (χ1n) is 8.17. The number of ether oxygens (including phenoxy) is 1. The van der Waals surface area contributed by atoms with Crippen LogP contribution in [0.15, 0.2) is 4.52 Å². The summed E-state index contributed by atoms with van der Waals surface area (Å²) in [6.07, 6.45) is 1.83. The highest BCUT2D eigenvalue weighted by Crippen LogP contribution is 2.26. The quantitative estimate of drug-likeness (QED) is 0.887. The highest BCUT2D eigenvalue weighted by atomic mass is 16.5. The Kier molecular flexibility index (Phi) is 5.75. The van der Waals surface area contributed by atoms with E-state index < -0.39 is 0 Å². The van der Waals surface area contributed by atoms with E-state index in [0.717, 1.165) is 31.8 Å². The van der Waals surface area contributed by atoms with Crippen molar-refractivity contribution in [1.82, 2.24) is 20.4 Å². The highest BCUT2D eigenvalue weighted by Gasteiger charge is 2.29. The molecular weight excluding hydrogens is 296 g/mol. The second kappa shape index (κ2) is 7.40. The van der Waals surface area contributed by atoms with Crippen LogP contribution in [0.25, 0.3) is 0 Å². The zero-order chi connectivity index (χ0) is 17.0. The monoisotopic (exact) mass is 324 g/mol. The molecule has 1 unspecified atom stereocenters. The summed E-state index contributed by atoms with van der Waals surface area (Å²) in [5, 5.41) is 7.10. The number of likely N-dealkylation sites (tertiary alicyclic amines) is 1. The predicted molar refractivity (Wildman–Crippen MR) is 86.0 cm³/mol. The Labute approximate surface area is 137 Å². The lowest BCUT2D eigenvalue weighted by Crippen LogP contribution is -2.46. The van der Waals surface area contributed by atoms with Gasteiger partial charge in [0.25, 0.3) is 0 Å². The topological polar surface area (TPSA) is 80.5 Å². The van der Waals surface area contributed by atoms with Gasteiger partial charge in [-0.25, -0.2) is 0 Å². The molecule has 1 aromatic heterocycles. The molecule has 23 heavy (non-hydrogen) atoms. The minimum Gasteiger partial charge on any atom is -0.375 e. The maximum atomic E-state index is 11.6. The molecule has 130 valence electrons. The molecule has 1 N–H and O–H groups in total. The molecule has 0 saturated carbocycles. The van der Waals surface area contributed by atoms with Crippen LogP contribution in [0, 0.1) is 0 Å². The van der Waals surface area contributed by atoms with E-state index in [4.69, 9.17) is 9.26 Å². The summed E-state index contributed by atoms with van der Waals surface area (Å²) >= 11 is 0. The van der Waals surface area contributed by atoms with Crippen LogP contribution in [0.3, 0.4) is 0 Å². The molecule has 0 aliphatic carbocycles. The molecule has 1 aromatic rings. The van der Waals surface area contributed by atoms with Gasteiger partial charge in [-0.3, -0.25) is 9.69 Å². The summed E-state index contributed by atoms with van der Waals surface area (Å²) in [7, 11) is 1.53. The molecule has 1 aliphatic rings. The smallest absolute Gasteiger partial charge is 0.246 e. The first-order chi connectivity index (χ1) is 10.8. The third kappa shape index (κ3) is 4.75. The Morgan fingerprint density at radius 3 is 2.61 bits per heavy atom. The SMILES string of the molecule is COCC(=O)NC1CCN(C(C)c2nc(C(C)(C)C)no2)CC1. The van der Waals surface area contributed by atoms with E-state index in [1.54, 1.807) is 0 Å². The molecular formula is C16H28N4O3. The van der Waals surface area contributed by atoms with Crippen LogP contribution in [0.4, 0.5) is 0 Å². The first-order valence-corrected chi connectivity index (χ1v) is 8.17. The fourth-order valence-electron chi connectivity index (χ4n) is 2.70. The van der Waals surface area contributed by atoms with Gasteiger partial charge in [0, 0.05) is 31.7 Å². The minimum atomic E-state index is -0.111. The Hall–Kier alpha value is -1.47. The van der Waals surface area contributed by atoms with E-state index in [9.17, 15) is 4.79 Å². The van der Waals surface area contributed by atoms with Crippen molar-refractivity contribution in [2.45, 2.75) is 58.0 Å². The van der Waals surface area contributed by atoms with Gasteiger partial charge in [0.15, 0.2) is 5.82 Å². The largest absolute Gasteiger partial charge is 0.375 e. The summed E-state index contributed by atoms with van der Waals surface area (Å²) in [5.74, 6) is 1.35. The minimum absolute atomic E-state index is 0.0503. The van der Waals surface area contributed by atoms with Crippen LogP contribution in [0.2, 0.25) is 0 Å². The van der Waals surface area contributed by atoms with E-state index in [0.29, 0.717) is 5.89 Å². The average molecular weight is 324 g/mol. The van der Waals surface area contributed by atoms with Gasteiger partial charge in [-0.15, -0.1) is 0 Å². The van der Waals surface area contributed by atoms with Crippen LogP contribution >= 0.6 is 0 Å². The molecule has 1 amide bonds. The van der Waals surface area contributed by atoms with Crippen LogP contribution in [0.1, 0.15) is 58.3 Å². The van der Waals surface area contributed by atoms with Crippen molar-refractivity contribution < 1.29 is 14.1 Å². The maximum absolute atomic E-state index is 11.6. The van der Waals surface area contributed by atoms with Crippen LogP contribution in [0.5, 0.6) is 0 Å².